The van der Waals surface area contributed by atoms with Crippen LogP contribution in [0.5, 0.6) is 11.5 Å². The number of thiophene rings is 1. The van der Waals surface area contributed by atoms with Gasteiger partial charge in [0.15, 0.2) is 11.5 Å². The molecule has 7 nitrogen and oxygen atoms in total. The molecule has 34 heavy (non-hydrogen) atoms. The van der Waals surface area contributed by atoms with Crippen LogP contribution in [0.25, 0.3) is 21.7 Å². The first-order valence-electron chi connectivity index (χ1n) is 11.7. The lowest BCUT2D eigenvalue weighted by atomic mass is 9.95. The fraction of sp³-hybridized carbons (Fsp3) is 0.385. The number of nitrogens with one attached hydrogen (secondary N) is 1. The van der Waals surface area contributed by atoms with E-state index in [9.17, 15) is 9.59 Å². The van der Waals surface area contributed by atoms with Crippen molar-refractivity contribution in [3.8, 4) is 33.2 Å². The van der Waals surface area contributed by atoms with Crippen molar-refractivity contribution in [3.63, 3.8) is 0 Å². The van der Waals surface area contributed by atoms with E-state index < -0.39 is 0 Å². The Hall–Kier alpha value is -3.26. The number of hydrogen-bond donors (Lipinski definition) is 1. The lowest BCUT2D eigenvalue weighted by Gasteiger charge is -2.26. The Kier molecular flexibility index (Phi) is 6.08. The summed E-state index contributed by atoms with van der Waals surface area (Å²) in [6.45, 7) is 6.12. The van der Waals surface area contributed by atoms with E-state index in [1.54, 1.807) is 23.3 Å². The highest BCUT2D eigenvalue weighted by Crippen LogP contribution is 2.45. The molecule has 0 radical (unpaired) electrons. The molecule has 3 aromatic rings. The average Bonchev–Trinajstić information content (AvgIpc) is 3.42. The summed E-state index contributed by atoms with van der Waals surface area (Å²) in [6, 6.07) is 10.3. The average molecular weight is 480 g/mol. The highest BCUT2D eigenvalue weighted by atomic mass is 32.1. The number of hydrogen-bond acceptors (Lipinski definition) is 5. The molecule has 2 aliphatic rings. The van der Waals surface area contributed by atoms with Gasteiger partial charge in [-0.3, -0.25) is 9.59 Å². The Morgan fingerprint density at radius 2 is 1.94 bits per heavy atom. The second-order valence-electron chi connectivity index (χ2n) is 8.89. The molecule has 1 fully saturated rings. The van der Waals surface area contributed by atoms with Crippen molar-refractivity contribution in [1.29, 1.82) is 0 Å². The van der Waals surface area contributed by atoms with Gasteiger partial charge in [-0.25, -0.2) is 0 Å². The summed E-state index contributed by atoms with van der Waals surface area (Å²) in [5.74, 6) is 1.39. The molecule has 2 aliphatic heterocycles. The lowest BCUT2D eigenvalue weighted by Crippen LogP contribution is -2.35. The standard InChI is InChI=1S/C26H29N3O4S/c1-16(2)33-22-15-18-17(13-21(22)32-3)6-10-29-20(14-19(25(18)29)23-5-4-12-34-23)26(31)28-9-7-24(30)27-8-11-28/h4-5,12-16H,6-11H2,1-3H3,(H,27,30). The van der Waals surface area contributed by atoms with Crippen LogP contribution in [0.3, 0.4) is 0 Å². The number of methoxy groups -OCH3 is 1. The lowest BCUT2D eigenvalue weighted by molar-refractivity contribution is -0.120. The van der Waals surface area contributed by atoms with Crippen molar-refractivity contribution < 1.29 is 19.1 Å². The Bertz CT molecular complexity index is 1230. The third-order valence-electron chi connectivity index (χ3n) is 6.31. The molecule has 2 amide bonds. The number of aromatic nitrogens is 1. The van der Waals surface area contributed by atoms with Crippen LogP contribution in [0.15, 0.2) is 35.7 Å². The summed E-state index contributed by atoms with van der Waals surface area (Å²) in [7, 11) is 1.66. The summed E-state index contributed by atoms with van der Waals surface area (Å²) < 4.78 is 13.8. The summed E-state index contributed by atoms with van der Waals surface area (Å²) >= 11 is 1.66. The number of benzene rings is 1. The van der Waals surface area contributed by atoms with Gasteiger partial charge in [-0.2, -0.15) is 0 Å². The third kappa shape index (κ3) is 4.07. The predicted octanol–water partition coefficient (Wildman–Crippen LogP) is 4.20. The summed E-state index contributed by atoms with van der Waals surface area (Å²) in [5, 5.41) is 4.91. The minimum Gasteiger partial charge on any atom is -0.493 e. The van der Waals surface area contributed by atoms with Crippen LogP contribution in [0.1, 0.15) is 36.3 Å². The van der Waals surface area contributed by atoms with Crippen LogP contribution in [-0.2, 0) is 17.8 Å². The number of fused-ring (bicyclic) bond motifs is 3. The van der Waals surface area contributed by atoms with Gasteiger partial charge >= 0.3 is 0 Å². The first-order chi connectivity index (χ1) is 16.5. The SMILES string of the molecule is COc1cc2c(cc1OC(C)C)-c1c(-c3cccs3)cc(C(=O)N3CCNC(=O)CC3)n1CC2. The van der Waals surface area contributed by atoms with Crippen LogP contribution in [-0.4, -0.2) is 54.1 Å². The highest BCUT2D eigenvalue weighted by Gasteiger charge is 2.31. The zero-order valence-electron chi connectivity index (χ0n) is 19.7. The minimum atomic E-state index is -0.0313. The second-order valence-corrected chi connectivity index (χ2v) is 9.84. The van der Waals surface area contributed by atoms with Gasteiger partial charge in [0, 0.05) is 48.6 Å². The van der Waals surface area contributed by atoms with Gasteiger partial charge in [0.2, 0.25) is 5.91 Å². The summed E-state index contributed by atoms with van der Waals surface area (Å²) in [5.41, 5.74) is 5.00. The molecule has 0 spiro atoms. The first kappa shape index (κ1) is 22.5. The van der Waals surface area contributed by atoms with Gasteiger partial charge in [0.25, 0.3) is 5.91 Å². The Morgan fingerprint density at radius 3 is 2.68 bits per heavy atom. The van der Waals surface area contributed by atoms with Crippen LogP contribution in [0.2, 0.25) is 0 Å². The van der Waals surface area contributed by atoms with E-state index in [1.165, 1.54) is 5.56 Å². The van der Waals surface area contributed by atoms with Crippen molar-refractivity contribution in [2.24, 2.45) is 0 Å². The van der Waals surface area contributed by atoms with E-state index in [4.69, 9.17) is 9.47 Å². The van der Waals surface area contributed by atoms with Crippen LogP contribution >= 0.6 is 11.3 Å². The topological polar surface area (TPSA) is 72.8 Å². The molecule has 1 aromatic carbocycles. The van der Waals surface area contributed by atoms with Crippen LogP contribution in [0.4, 0.5) is 0 Å². The molecule has 0 bridgehead atoms. The monoisotopic (exact) mass is 479 g/mol. The van der Waals surface area contributed by atoms with Gasteiger partial charge in [0.05, 0.1) is 18.9 Å². The number of aryl methyl sites for hydroxylation is 1. The van der Waals surface area contributed by atoms with Crippen molar-refractivity contribution in [2.45, 2.75) is 39.3 Å². The Balaban J connectivity index is 1.64. The molecule has 0 atom stereocenters. The van der Waals surface area contributed by atoms with E-state index >= 15 is 0 Å². The number of ether oxygens (including phenoxy) is 2. The molecular weight excluding hydrogens is 450 g/mol. The van der Waals surface area contributed by atoms with E-state index in [0.29, 0.717) is 44.0 Å². The minimum absolute atomic E-state index is 0.00711. The van der Waals surface area contributed by atoms with E-state index in [2.05, 4.69) is 33.5 Å². The zero-order chi connectivity index (χ0) is 23.8. The molecule has 178 valence electrons. The maximum Gasteiger partial charge on any atom is 0.270 e. The summed E-state index contributed by atoms with van der Waals surface area (Å²) in [6.07, 6.45) is 1.13. The predicted molar refractivity (Wildman–Crippen MR) is 133 cm³/mol. The molecule has 0 unspecified atom stereocenters. The van der Waals surface area contributed by atoms with Crippen molar-refractivity contribution >= 4 is 23.2 Å². The summed E-state index contributed by atoms with van der Waals surface area (Å²) in [4.78, 5) is 28.4. The molecule has 0 aliphatic carbocycles. The smallest absolute Gasteiger partial charge is 0.270 e. The van der Waals surface area contributed by atoms with Gasteiger partial charge in [0.1, 0.15) is 5.69 Å². The number of carbonyl (C=O) groups is 2. The molecule has 4 heterocycles. The molecule has 1 saturated heterocycles. The normalized spacial score (nSPS) is 15.4. The van der Waals surface area contributed by atoms with Gasteiger partial charge < -0.3 is 24.3 Å². The Morgan fingerprint density at radius 1 is 1.09 bits per heavy atom. The fourth-order valence-electron chi connectivity index (χ4n) is 4.77. The molecule has 5 rings (SSSR count). The van der Waals surface area contributed by atoms with Gasteiger partial charge in [-0.15, -0.1) is 11.3 Å². The number of rotatable bonds is 5. The van der Waals surface area contributed by atoms with Gasteiger partial charge in [-0.1, -0.05) is 6.07 Å². The van der Waals surface area contributed by atoms with Gasteiger partial charge in [-0.05, 0) is 55.5 Å². The van der Waals surface area contributed by atoms with Crippen molar-refractivity contribution in [3.05, 3.63) is 47.0 Å². The van der Waals surface area contributed by atoms with E-state index in [-0.39, 0.29) is 17.9 Å². The quantitative estimate of drug-likeness (QED) is 0.595. The number of nitrogens with zero attached hydrogens (tertiary/aromatic N) is 2. The number of amides is 2. The maximum absolute atomic E-state index is 13.7. The van der Waals surface area contributed by atoms with Crippen molar-refractivity contribution in [2.75, 3.05) is 26.7 Å². The molecule has 8 heteroatoms. The van der Waals surface area contributed by atoms with Crippen LogP contribution < -0.4 is 14.8 Å². The maximum atomic E-state index is 13.7. The fourth-order valence-corrected chi connectivity index (χ4v) is 5.51. The third-order valence-corrected chi connectivity index (χ3v) is 7.22. The highest BCUT2D eigenvalue weighted by molar-refractivity contribution is 7.13. The van der Waals surface area contributed by atoms with E-state index in [0.717, 1.165) is 33.9 Å². The van der Waals surface area contributed by atoms with Crippen LogP contribution in [0, 0.1) is 0 Å². The molecular formula is C26H29N3O4S. The Labute approximate surface area is 203 Å². The second kappa shape index (κ2) is 9.18. The van der Waals surface area contributed by atoms with Crippen molar-refractivity contribution in [1.82, 2.24) is 14.8 Å². The molecule has 1 N–H and O–H groups in total. The van der Waals surface area contributed by atoms with E-state index in [1.807, 2.05) is 26.0 Å². The number of carbonyl (C=O) groups excluding carboxylic acids is 2. The molecule has 0 saturated carbocycles. The first-order valence-corrected chi connectivity index (χ1v) is 12.6. The zero-order valence-corrected chi connectivity index (χ0v) is 20.5. The largest absolute Gasteiger partial charge is 0.493 e. The molecule has 2 aromatic heterocycles.